The Morgan fingerprint density at radius 3 is 2.89 bits per heavy atom. The minimum atomic E-state index is 0.312. The van der Waals surface area contributed by atoms with Gasteiger partial charge in [-0.3, -0.25) is 4.68 Å². The molecule has 2 aromatic rings. The van der Waals surface area contributed by atoms with Crippen LogP contribution in [0.4, 0.5) is 5.82 Å². The Hall–Kier alpha value is -1.95. The van der Waals surface area contributed by atoms with Gasteiger partial charge in [-0.05, 0) is 12.1 Å². The van der Waals surface area contributed by atoms with Crippen molar-refractivity contribution in [3.63, 3.8) is 0 Å². The lowest BCUT2D eigenvalue weighted by Crippen LogP contribution is -2.19. The number of hydrogen-bond acceptors (Lipinski definition) is 4. The number of pyridine rings is 1. The number of anilines is 1. The van der Waals surface area contributed by atoms with Crippen molar-refractivity contribution < 1.29 is 0 Å². The first-order valence-electron chi connectivity index (χ1n) is 5.52. The summed E-state index contributed by atoms with van der Waals surface area (Å²) >= 11 is 4.92. The van der Waals surface area contributed by atoms with Gasteiger partial charge >= 0.3 is 0 Å². The van der Waals surface area contributed by atoms with E-state index >= 15 is 0 Å². The SMILES string of the molecule is CN(Cc1cnn(C)c1)c1cccc(C(N)=S)n1. The van der Waals surface area contributed by atoms with E-state index in [1.165, 1.54) is 0 Å². The van der Waals surface area contributed by atoms with Crippen LogP contribution in [-0.4, -0.2) is 26.8 Å². The summed E-state index contributed by atoms with van der Waals surface area (Å²) in [4.78, 5) is 6.75. The van der Waals surface area contributed by atoms with Gasteiger partial charge in [0.2, 0.25) is 0 Å². The lowest BCUT2D eigenvalue weighted by Gasteiger charge is -2.17. The molecule has 6 heteroatoms. The first-order valence-corrected chi connectivity index (χ1v) is 5.92. The second-order valence-corrected chi connectivity index (χ2v) is 4.56. The Kier molecular flexibility index (Phi) is 3.57. The molecule has 0 aromatic carbocycles. The van der Waals surface area contributed by atoms with Crippen molar-refractivity contribution in [2.24, 2.45) is 12.8 Å². The Morgan fingerprint density at radius 2 is 2.28 bits per heavy atom. The molecular formula is C12H15N5S. The number of hydrogen-bond donors (Lipinski definition) is 1. The Labute approximate surface area is 111 Å². The van der Waals surface area contributed by atoms with Gasteiger partial charge < -0.3 is 10.6 Å². The molecule has 2 N–H and O–H groups in total. The van der Waals surface area contributed by atoms with Crippen LogP contribution in [0.15, 0.2) is 30.6 Å². The molecule has 0 amide bonds. The summed E-state index contributed by atoms with van der Waals surface area (Å²) in [5, 5.41) is 4.14. The van der Waals surface area contributed by atoms with Gasteiger partial charge in [-0.25, -0.2) is 4.98 Å². The largest absolute Gasteiger partial charge is 0.388 e. The molecule has 0 saturated carbocycles. The van der Waals surface area contributed by atoms with Crippen molar-refractivity contribution >= 4 is 23.0 Å². The smallest absolute Gasteiger partial charge is 0.129 e. The van der Waals surface area contributed by atoms with Crippen LogP contribution in [0, 0.1) is 0 Å². The minimum absolute atomic E-state index is 0.312. The Balaban J connectivity index is 2.15. The standard InChI is InChI=1S/C12H15N5S/c1-16(7-9-6-14-17(2)8-9)11-5-3-4-10(15-11)12(13)18/h3-6,8H,7H2,1-2H3,(H2,13,18). The molecular weight excluding hydrogens is 246 g/mol. The van der Waals surface area contributed by atoms with Crippen LogP contribution in [-0.2, 0) is 13.6 Å². The molecule has 5 nitrogen and oxygen atoms in total. The van der Waals surface area contributed by atoms with E-state index in [-0.39, 0.29) is 0 Å². The molecule has 0 aliphatic carbocycles. The molecule has 2 rings (SSSR count). The van der Waals surface area contributed by atoms with Crippen LogP contribution in [0.3, 0.4) is 0 Å². The molecule has 0 fully saturated rings. The molecule has 2 heterocycles. The molecule has 0 unspecified atom stereocenters. The average molecular weight is 261 g/mol. The fourth-order valence-corrected chi connectivity index (χ4v) is 1.80. The lowest BCUT2D eigenvalue weighted by molar-refractivity contribution is 0.766. The van der Waals surface area contributed by atoms with Crippen molar-refractivity contribution in [3.05, 3.63) is 41.9 Å². The monoisotopic (exact) mass is 261 g/mol. The molecule has 0 radical (unpaired) electrons. The first-order chi connectivity index (χ1) is 8.56. The van der Waals surface area contributed by atoms with Crippen molar-refractivity contribution in [3.8, 4) is 0 Å². The predicted octanol–water partition coefficient (Wildman–Crippen LogP) is 1.09. The Bertz CT molecular complexity index is 563. The van der Waals surface area contributed by atoms with E-state index in [0.717, 1.165) is 17.9 Å². The normalized spacial score (nSPS) is 10.3. The predicted molar refractivity (Wildman–Crippen MR) is 75.4 cm³/mol. The third-order valence-electron chi connectivity index (χ3n) is 2.56. The van der Waals surface area contributed by atoms with Gasteiger partial charge in [0.05, 0.1) is 11.9 Å². The average Bonchev–Trinajstić information content (AvgIpc) is 2.75. The number of aryl methyl sites for hydroxylation is 1. The summed E-state index contributed by atoms with van der Waals surface area (Å²) in [7, 11) is 3.87. The number of nitrogens with zero attached hydrogens (tertiary/aromatic N) is 4. The van der Waals surface area contributed by atoms with E-state index in [1.807, 2.05) is 49.6 Å². The maximum Gasteiger partial charge on any atom is 0.129 e. The molecule has 94 valence electrons. The molecule has 0 bridgehead atoms. The van der Waals surface area contributed by atoms with E-state index < -0.39 is 0 Å². The maximum atomic E-state index is 5.58. The summed E-state index contributed by atoms with van der Waals surface area (Å²) in [5.74, 6) is 0.837. The van der Waals surface area contributed by atoms with Crippen molar-refractivity contribution in [1.29, 1.82) is 0 Å². The number of rotatable bonds is 4. The van der Waals surface area contributed by atoms with E-state index in [2.05, 4.69) is 10.1 Å². The zero-order valence-electron chi connectivity index (χ0n) is 10.4. The van der Waals surface area contributed by atoms with E-state index in [4.69, 9.17) is 18.0 Å². The van der Waals surface area contributed by atoms with Gasteiger partial charge in [0.1, 0.15) is 10.8 Å². The van der Waals surface area contributed by atoms with Gasteiger partial charge in [0, 0.05) is 32.4 Å². The lowest BCUT2D eigenvalue weighted by atomic mass is 10.3. The third kappa shape index (κ3) is 2.84. The summed E-state index contributed by atoms with van der Waals surface area (Å²) in [6.45, 7) is 0.738. The highest BCUT2D eigenvalue weighted by Gasteiger charge is 2.06. The van der Waals surface area contributed by atoms with E-state index in [1.54, 1.807) is 4.68 Å². The molecule has 0 atom stereocenters. The van der Waals surface area contributed by atoms with Gasteiger partial charge in [-0.2, -0.15) is 5.10 Å². The van der Waals surface area contributed by atoms with Gasteiger partial charge in [-0.1, -0.05) is 18.3 Å². The summed E-state index contributed by atoms with van der Waals surface area (Å²) < 4.78 is 1.78. The van der Waals surface area contributed by atoms with Crippen LogP contribution in [0.5, 0.6) is 0 Å². The highest BCUT2D eigenvalue weighted by molar-refractivity contribution is 7.80. The van der Waals surface area contributed by atoms with Gasteiger partial charge in [0.15, 0.2) is 0 Å². The summed E-state index contributed by atoms with van der Waals surface area (Å²) in [6, 6.07) is 5.64. The summed E-state index contributed by atoms with van der Waals surface area (Å²) in [6.07, 6.45) is 3.82. The quantitative estimate of drug-likeness (QED) is 0.835. The fraction of sp³-hybridized carbons (Fsp3) is 0.250. The second-order valence-electron chi connectivity index (χ2n) is 4.12. The van der Waals surface area contributed by atoms with Crippen molar-refractivity contribution in [2.75, 3.05) is 11.9 Å². The van der Waals surface area contributed by atoms with Crippen LogP contribution in [0.1, 0.15) is 11.3 Å². The number of aromatic nitrogens is 3. The van der Waals surface area contributed by atoms with Gasteiger partial charge in [-0.15, -0.1) is 0 Å². The zero-order valence-corrected chi connectivity index (χ0v) is 11.2. The Morgan fingerprint density at radius 1 is 1.50 bits per heavy atom. The first kappa shape index (κ1) is 12.5. The molecule has 0 saturated heterocycles. The zero-order chi connectivity index (χ0) is 13.1. The van der Waals surface area contributed by atoms with Crippen LogP contribution < -0.4 is 10.6 Å². The molecule has 0 spiro atoms. The van der Waals surface area contributed by atoms with Gasteiger partial charge in [0.25, 0.3) is 0 Å². The second kappa shape index (κ2) is 5.14. The van der Waals surface area contributed by atoms with Crippen molar-refractivity contribution in [2.45, 2.75) is 6.54 Å². The molecule has 18 heavy (non-hydrogen) atoms. The van der Waals surface area contributed by atoms with Crippen LogP contribution in [0.2, 0.25) is 0 Å². The number of nitrogens with two attached hydrogens (primary N) is 1. The van der Waals surface area contributed by atoms with E-state index in [9.17, 15) is 0 Å². The third-order valence-corrected chi connectivity index (χ3v) is 2.77. The van der Waals surface area contributed by atoms with Crippen LogP contribution >= 0.6 is 12.2 Å². The highest BCUT2D eigenvalue weighted by Crippen LogP contribution is 2.13. The summed E-state index contributed by atoms with van der Waals surface area (Å²) in [5.41, 5.74) is 7.34. The fourth-order valence-electron chi connectivity index (χ4n) is 1.68. The molecule has 0 aliphatic heterocycles. The maximum absolute atomic E-state index is 5.58. The van der Waals surface area contributed by atoms with Crippen molar-refractivity contribution in [1.82, 2.24) is 14.8 Å². The topological polar surface area (TPSA) is 60.0 Å². The van der Waals surface area contributed by atoms with Crippen LogP contribution in [0.25, 0.3) is 0 Å². The minimum Gasteiger partial charge on any atom is -0.388 e. The van der Waals surface area contributed by atoms with E-state index in [0.29, 0.717) is 10.7 Å². The number of thiocarbonyl (C=S) groups is 1. The molecule has 0 aliphatic rings. The highest BCUT2D eigenvalue weighted by atomic mass is 32.1. The molecule has 2 aromatic heterocycles.